The lowest BCUT2D eigenvalue weighted by molar-refractivity contribution is 0.0698. The number of fused-ring (bicyclic) bond motifs is 1. The molecule has 2 aromatic heterocycles. The second-order valence-corrected chi connectivity index (χ2v) is 9.14. The van der Waals surface area contributed by atoms with E-state index >= 15 is 0 Å². The molecule has 0 unspecified atom stereocenters. The molecule has 0 bridgehead atoms. The van der Waals surface area contributed by atoms with Gasteiger partial charge in [0.15, 0.2) is 23.5 Å². The van der Waals surface area contributed by atoms with Crippen molar-refractivity contribution >= 4 is 23.2 Å². The first-order valence-corrected chi connectivity index (χ1v) is 12.6. The molecule has 1 saturated carbocycles. The zero-order valence-electron chi connectivity index (χ0n) is 22.0. The molecular weight excluding hydrogens is 501 g/mol. The molecule has 1 aliphatic heterocycles. The van der Waals surface area contributed by atoms with Gasteiger partial charge >= 0.3 is 0 Å². The van der Waals surface area contributed by atoms with Gasteiger partial charge in [-0.1, -0.05) is 33.3 Å². The van der Waals surface area contributed by atoms with Gasteiger partial charge in [-0.3, -0.25) is 9.79 Å². The van der Waals surface area contributed by atoms with Crippen molar-refractivity contribution < 1.29 is 31.9 Å². The van der Waals surface area contributed by atoms with Crippen LogP contribution >= 0.6 is 0 Å². The molecule has 0 atom stereocenters. The van der Waals surface area contributed by atoms with E-state index in [9.17, 15) is 23.1 Å². The van der Waals surface area contributed by atoms with Crippen LogP contribution in [0.25, 0.3) is 11.1 Å². The highest BCUT2D eigenvalue weighted by Crippen LogP contribution is 2.46. The van der Waals surface area contributed by atoms with Gasteiger partial charge in [-0.25, -0.2) is 23.1 Å². The number of rotatable bonds is 5. The summed E-state index contributed by atoms with van der Waals surface area (Å²) >= 11 is 0. The lowest BCUT2D eigenvalue weighted by Crippen LogP contribution is -2.37. The number of alkyl halides is 2. The van der Waals surface area contributed by atoms with Crippen LogP contribution in [0.4, 0.5) is 13.2 Å². The Kier molecular flexibility index (Phi) is 9.84. The van der Waals surface area contributed by atoms with Crippen molar-refractivity contribution in [3.63, 3.8) is 0 Å². The first-order chi connectivity index (χ1) is 18.1. The number of hydrogen-bond donors (Lipinski definition) is 1. The van der Waals surface area contributed by atoms with Gasteiger partial charge in [-0.2, -0.15) is 0 Å². The first kappa shape index (κ1) is 29.1. The van der Waals surface area contributed by atoms with E-state index in [1.165, 1.54) is 23.8 Å². The quantitative estimate of drug-likeness (QED) is 0.371. The predicted octanol–water partition coefficient (Wildman–Crippen LogP) is 6.58. The average Bonchev–Trinajstić information content (AvgIpc) is 3.28. The molecule has 0 radical (unpaired) electrons. The van der Waals surface area contributed by atoms with E-state index in [1.54, 1.807) is 18.3 Å². The average molecular weight is 535 g/mol. The van der Waals surface area contributed by atoms with Crippen LogP contribution in [-0.2, 0) is 5.60 Å². The van der Waals surface area contributed by atoms with Crippen LogP contribution in [0.5, 0.6) is 0 Å². The largest absolute Gasteiger partial charge is 0.440 e. The Morgan fingerprint density at radius 3 is 2.61 bits per heavy atom. The van der Waals surface area contributed by atoms with Gasteiger partial charge in [0.25, 0.3) is 12.3 Å². The van der Waals surface area contributed by atoms with Crippen molar-refractivity contribution in [3.8, 4) is 0 Å². The summed E-state index contributed by atoms with van der Waals surface area (Å²) in [5, 5.41) is 10.0. The standard InChI is InChI=1S/C17H21F2N3O3.C7H4FNO.C3H8/c1-3-7-20-11-9-22(8-4-10(11)2)15(23)13-12(14(18)19)21-16(25-13)17(24)5-6-17;8-5-2-1-3-6-7(5)10-4-9-6;1-3-2/h7,14,24H,3-6,8-9H2,1-2H3;1-4H;3H2,1-2H3. The molecule has 3 aromatic rings. The Morgan fingerprint density at radius 1 is 1.29 bits per heavy atom. The zero-order chi connectivity index (χ0) is 27.9. The normalized spacial score (nSPS) is 16.4. The number of halogens is 3. The summed E-state index contributed by atoms with van der Waals surface area (Å²) in [6.45, 7) is 8.80. The van der Waals surface area contributed by atoms with Crippen LogP contribution in [0.2, 0.25) is 0 Å². The number of carbonyl (C=O) groups is 1. The number of para-hydroxylation sites is 1. The van der Waals surface area contributed by atoms with Crippen LogP contribution < -0.4 is 0 Å². The Hall–Kier alpha value is -3.47. The second kappa shape index (κ2) is 12.9. The molecule has 1 fully saturated rings. The van der Waals surface area contributed by atoms with Crippen LogP contribution in [0.3, 0.4) is 0 Å². The minimum Gasteiger partial charge on any atom is -0.440 e. The van der Waals surface area contributed by atoms with E-state index in [0.717, 1.165) is 17.7 Å². The molecule has 1 aromatic carbocycles. The summed E-state index contributed by atoms with van der Waals surface area (Å²) < 4.78 is 49.3. The fourth-order valence-corrected chi connectivity index (χ4v) is 3.53. The third-order valence-electron chi connectivity index (χ3n) is 5.79. The lowest BCUT2D eigenvalue weighted by atomic mass is 10.1. The molecule has 0 saturated heterocycles. The molecular formula is C27H33F3N4O4. The fraction of sp³-hybridized carbons (Fsp3) is 0.481. The van der Waals surface area contributed by atoms with E-state index in [1.807, 2.05) is 13.8 Å². The van der Waals surface area contributed by atoms with E-state index in [2.05, 4.69) is 28.8 Å². The van der Waals surface area contributed by atoms with Crippen molar-refractivity contribution in [2.24, 2.45) is 4.99 Å². The highest BCUT2D eigenvalue weighted by atomic mass is 19.3. The zero-order valence-corrected chi connectivity index (χ0v) is 22.0. The van der Waals surface area contributed by atoms with Crippen molar-refractivity contribution in [3.05, 3.63) is 59.0 Å². The van der Waals surface area contributed by atoms with E-state index in [-0.39, 0.29) is 23.8 Å². The summed E-state index contributed by atoms with van der Waals surface area (Å²) in [4.78, 5) is 26.0. The third kappa shape index (κ3) is 6.89. The monoisotopic (exact) mass is 534 g/mol. The van der Waals surface area contributed by atoms with Gasteiger partial charge in [0.1, 0.15) is 11.1 Å². The third-order valence-corrected chi connectivity index (χ3v) is 5.79. The SMILES string of the molecule is CCC.CCC=NC1=C(C)CCN(C(=O)c2oc(C3(O)CC3)nc2C(F)F)C1.Fc1cccc2ncoc12. The van der Waals surface area contributed by atoms with Crippen LogP contribution in [0.15, 0.2) is 49.7 Å². The van der Waals surface area contributed by atoms with Gasteiger partial charge in [0.05, 0.1) is 12.2 Å². The molecule has 1 N–H and O–H groups in total. The molecule has 38 heavy (non-hydrogen) atoms. The number of aromatic nitrogens is 2. The summed E-state index contributed by atoms with van der Waals surface area (Å²) in [5.74, 6) is -1.69. The van der Waals surface area contributed by atoms with Gasteiger partial charge < -0.3 is 18.8 Å². The summed E-state index contributed by atoms with van der Waals surface area (Å²) in [6, 6.07) is 4.63. The molecule has 8 nitrogen and oxygen atoms in total. The Morgan fingerprint density at radius 2 is 2.00 bits per heavy atom. The highest BCUT2D eigenvalue weighted by Gasteiger charge is 2.48. The van der Waals surface area contributed by atoms with Gasteiger partial charge in [-0.05, 0) is 50.3 Å². The number of nitrogens with zero attached hydrogens (tertiary/aromatic N) is 4. The summed E-state index contributed by atoms with van der Waals surface area (Å²) in [6.07, 6.45) is 3.47. The molecule has 0 spiro atoms. The van der Waals surface area contributed by atoms with Crippen molar-refractivity contribution in [2.75, 3.05) is 13.1 Å². The number of oxazole rings is 2. The molecule has 5 rings (SSSR count). The molecule has 1 amide bonds. The number of carbonyl (C=O) groups excluding carboxylic acids is 1. The second-order valence-electron chi connectivity index (χ2n) is 9.14. The Balaban J connectivity index is 0.000000253. The van der Waals surface area contributed by atoms with Crippen LogP contribution in [0.1, 0.15) is 88.4 Å². The maximum absolute atomic E-state index is 13.3. The molecule has 206 valence electrons. The minimum atomic E-state index is -2.95. The van der Waals surface area contributed by atoms with E-state index in [0.29, 0.717) is 31.3 Å². The van der Waals surface area contributed by atoms with Crippen molar-refractivity contribution in [1.29, 1.82) is 0 Å². The number of aliphatic hydroxyl groups is 1. The Bertz CT molecular complexity index is 1290. The Labute approximate surface area is 219 Å². The van der Waals surface area contributed by atoms with Crippen LogP contribution in [0, 0.1) is 5.82 Å². The fourth-order valence-electron chi connectivity index (χ4n) is 3.53. The molecule has 1 aliphatic carbocycles. The minimum absolute atomic E-state index is 0.195. The maximum Gasteiger partial charge on any atom is 0.292 e. The molecule has 2 aliphatic rings. The highest BCUT2D eigenvalue weighted by molar-refractivity contribution is 5.93. The number of hydrogen-bond acceptors (Lipinski definition) is 7. The van der Waals surface area contributed by atoms with Crippen molar-refractivity contribution in [1.82, 2.24) is 14.9 Å². The predicted molar refractivity (Wildman–Crippen MR) is 137 cm³/mol. The number of amides is 1. The summed E-state index contributed by atoms with van der Waals surface area (Å²) in [5.41, 5.74) is 0.610. The molecule has 3 heterocycles. The van der Waals surface area contributed by atoms with E-state index < -0.39 is 29.4 Å². The maximum atomic E-state index is 13.3. The molecule has 11 heteroatoms. The van der Waals surface area contributed by atoms with Crippen molar-refractivity contribution in [2.45, 2.75) is 71.8 Å². The summed E-state index contributed by atoms with van der Waals surface area (Å²) in [7, 11) is 0. The topological polar surface area (TPSA) is 105 Å². The van der Waals surface area contributed by atoms with Crippen LogP contribution in [-0.4, -0.2) is 45.2 Å². The smallest absolute Gasteiger partial charge is 0.292 e. The lowest BCUT2D eigenvalue weighted by Gasteiger charge is -2.27. The number of aliphatic imine (C=N–C) groups is 1. The van der Waals surface area contributed by atoms with Gasteiger partial charge in [-0.15, -0.1) is 0 Å². The number of benzene rings is 1. The first-order valence-electron chi connectivity index (χ1n) is 12.6. The van der Waals surface area contributed by atoms with Gasteiger partial charge in [0, 0.05) is 12.8 Å². The van der Waals surface area contributed by atoms with E-state index in [4.69, 9.17) is 8.83 Å². The van der Waals surface area contributed by atoms with Gasteiger partial charge in [0.2, 0.25) is 11.7 Å².